The summed E-state index contributed by atoms with van der Waals surface area (Å²) in [5, 5.41) is 8.71. The molecular formula is C11H18ClN3. The van der Waals surface area contributed by atoms with Gasteiger partial charge in [-0.1, -0.05) is 6.92 Å². The third-order valence-corrected chi connectivity index (χ3v) is 3.99. The van der Waals surface area contributed by atoms with Crippen molar-refractivity contribution in [2.24, 2.45) is 13.0 Å². The van der Waals surface area contributed by atoms with Gasteiger partial charge in [-0.3, -0.25) is 0 Å². The lowest BCUT2D eigenvalue weighted by atomic mass is 9.79. The van der Waals surface area contributed by atoms with Gasteiger partial charge in [0, 0.05) is 18.3 Å². The summed E-state index contributed by atoms with van der Waals surface area (Å²) in [4.78, 5) is 0. The summed E-state index contributed by atoms with van der Waals surface area (Å²) in [6.45, 7) is 4.28. The van der Waals surface area contributed by atoms with Gasteiger partial charge in [0.1, 0.15) is 11.6 Å². The van der Waals surface area contributed by atoms with Gasteiger partial charge in [0.15, 0.2) is 0 Å². The van der Waals surface area contributed by atoms with Crippen LogP contribution in [-0.2, 0) is 7.05 Å². The summed E-state index contributed by atoms with van der Waals surface area (Å²) in [6, 6.07) is 0. The van der Waals surface area contributed by atoms with E-state index < -0.39 is 0 Å². The number of hydrogen-bond acceptors (Lipinski definition) is 2. The minimum Gasteiger partial charge on any atom is -0.318 e. The smallest absolute Gasteiger partial charge is 0.136 e. The highest BCUT2D eigenvalue weighted by atomic mass is 35.5. The summed E-state index contributed by atoms with van der Waals surface area (Å²) in [5.41, 5.74) is 0. The highest BCUT2D eigenvalue weighted by molar-refractivity contribution is 6.20. The fourth-order valence-corrected chi connectivity index (χ4v) is 2.69. The van der Waals surface area contributed by atoms with E-state index in [1.54, 1.807) is 0 Å². The van der Waals surface area contributed by atoms with Gasteiger partial charge in [-0.05, 0) is 32.1 Å². The van der Waals surface area contributed by atoms with E-state index >= 15 is 0 Å². The molecule has 15 heavy (non-hydrogen) atoms. The fourth-order valence-electron chi connectivity index (χ4n) is 2.38. The van der Waals surface area contributed by atoms with Gasteiger partial charge in [0.05, 0.1) is 0 Å². The maximum atomic E-state index is 6.23. The van der Waals surface area contributed by atoms with Crippen LogP contribution in [0.4, 0.5) is 0 Å². The number of aromatic nitrogens is 3. The van der Waals surface area contributed by atoms with Gasteiger partial charge < -0.3 is 4.57 Å². The number of halogens is 1. The quantitative estimate of drug-likeness (QED) is 0.691. The third kappa shape index (κ3) is 2.03. The Kier molecular flexibility index (Phi) is 3.01. The average Bonchev–Trinajstić information content (AvgIpc) is 2.52. The molecule has 84 valence electrons. The Bertz CT molecular complexity index is 348. The van der Waals surface area contributed by atoms with Crippen molar-refractivity contribution in [1.82, 2.24) is 14.8 Å². The van der Waals surface area contributed by atoms with Crippen LogP contribution in [0.1, 0.15) is 43.8 Å². The van der Waals surface area contributed by atoms with Gasteiger partial charge in [0.2, 0.25) is 0 Å². The first-order valence-electron chi connectivity index (χ1n) is 5.59. The second-order valence-corrected chi connectivity index (χ2v) is 5.28. The van der Waals surface area contributed by atoms with Crippen LogP contribution >= 0.6 is 11.6 Å². The fraction of sp³-hybridized carbons (Fsp3) is 0.818. The first-order valence-corrected chi connectivity index (χ1v) is 6.03. The summed E-state index contributed by atoms with van der Waals surface area (Å²) in [5.74, 6) is 3.23. The van der Waals surface area contributed by atoms with Gasteiger partial charge in [-0.25, -0.2) is 0 Å². The number of nitrogens with zero attached hydrogens (tertiary/aromatic N) is 3. The molecule has 0 spiro atoms. The molecule has 0 saturated heterocycles. The Morgan fingerprint density at radius 2 is 2.07 bits per heavy atom. The molecule has 0 aliphatic heterocycles. The van der Waals surface area contributed by atoms with Crippen molar-refractivity contribution in [3.8, 4) is 0 Å². The maximum Gasteiger partial charge on any atom is 0.136 e. The molecule has 1 saturated carbocycles. The lowest BCUT2D eigenvalue weighted by Gasteiger charge is -2.30. The van der Waals surface area contributed by atoms with E-state index in [1.807, 2.05) is 14.0 Å². The van der Waals surface area contributed by atoms with Crippen LogP contribution in [0.3, 0.4) is 0 Å². The normalized spacial score (nSPS) is 31.9. The molecule has 2 rings (SSSR count). The minimum absolute atomic E-state index is 0.309. The molecule has 3 unspecified atom stereocenters. The maximum absolute atomic E-state index is 6.23. The van der Waals surface area contributed by atoms with E-state index in [0.717, 1.165) is 24.5 Å². The van der Waals surface area contributed by atoms with Crippen molar-refractivity contribution in [2.75, 3.05) is 0 Å². The molecule has 1 aromatic heterocycles. The summed E-state index contributed by atoms with van der Waals surface area (Å²) in [6.07, 6.45) is 3.37. The van der Waals surface area contributed by atoms with Crippen molar-refractivity contribution < 1.29 is 0 Å². The first kappa shape index (κ1) is 10.9. The molecule has 1 aliphatic carbocycles. The van der Waals surface area contributed by atoms with Crippen molar-refractivity contribution in [3.05, 3.63) is 11.6 Å². The predicted molar refractivity (Wildman–Crippen MR) is 61.1 cm³/mol. The van der Waals surface area contributed by atoms with Crippen molar-refractivity contribution >= 4 is 11.6 Å². The third-order valence-electron chi connectivity index (χ3n) is 3.59. The average molecular weight is 228 g/mol. The van der Waals surface area contributed by atoms with Crippen LogP contribution in [0.5, 0.6) is 0 Å². The summed E-state index contributed by atoms with van der Waals surface area (Å²) in [7, 11) is 2.04. The molecule has 1 fully saturated rings. The number of alkyl halides is 1. The first-order chi connectivity index (χ1) is 7.09. The monoisotopic (exact) mass is 227 g/mol. The van der Waals surface area contributed by atoms with E-state index in [0.29, 0.717) is 17.2 Å². The SMILES string of the molecule is Cc1nnc(C2CC(Cl)CCC2C)n1C. The molecule has 0 radical (unpaired) electrons. The Morgan fingerprint density at radius 3 is 2.67 bits per heavy atom. The van der Waals surface area contributed by atoms with E-state index in [9.17, 15) is 0 Å². The van der Waals surface area contributed by atoms with Crippen LogP contribution in [0, 0.1) is 12.8 Å². The molecule has 1 aromatic rings. The van der Waals surface area contributed by atoms with E-state index in [4.69, 9.17) is 11.6 Å². The zero-order valence-electron chi connectivity index (χ0n) is 9.57. The second kappa shape index (κ2) is 4.12. The molecule has 0 bridgehead atoms. The van der Waals surface area contributed by atoms with Crippen LogP contribution in [0.2, 0.25) is 0 Å². The van der Waals surface area contributed by atoms with Gasteiger partial charge >= 0.3 is 0 Å². The van der Waals surface area contributed by atoms with Crippen LogP contribution in [0.15, 0.2) is 0 Å². The highest BCUT2D eigenvalue weighted by Gasteiger charge is 2.31. The molecule has 4 heteroatoms. The second-order valence-electron chi connectivity index (χ2n) is 4.66. The molecule has 3 nitrogen and oxygen atoms in total. The number of hydrogen-bond donors (Lipinski definition) is 0. The highest BCUT2D eigenvalue weighted by Crippen LogP contribution is 2.38. The molecule has 0 amide bonds. The predicted octanol–water partition coefficient (Wildman–Crippen LogP) is 2.63. The van der Waals surface area contributed by atoms with Gasteiger partial charge in [-0.2, -0.15) is 0 Å². The lowest BCUT2D eigenvalue weighted by Crippen LogP contribution is -2.24. The topological polar surface area (TPSA) is 30.7 Å². The Hall–Kier alpha value is -0.570. The van der Waals surface area contributed by atoms with Crippen LogP contribution in [-0.4, -0.2) is 20.1 Å². The Balaban J connectivity index is 2.25. The van der Waals surface area contributed by atoms with Gasteiger partial charge in [-0.15, -0.1) is 21.8 Å². The van der Waals surface area contributed by atoms with Crippen molar-refractivity contribution in [3.63, 3.8) is 0 Å². The molecular weight excluding hydrogens is 210 g/mol. The molecule has 0 N–H and O–H groups in total. The van der Waals surface area contributed by atoms with Gasteiger partial charge in [0.25, 0.3) is 0 Å². The molecule has 1 aliphatic rings. The van der Waals surface area contributed by atoms with E-state index in [1.165, 1.54) is 6.42 Å². The van der Waals surface area contributed by atoms with Crippen molar-refractivity contribution in [1.29, 1.82) is 0 Å². The standard InChI is InChI=1S/C11H18ClN3/c1-7-4-5-9(12)6-10(7)11-14-13-8(2)15(11)3/h7,9-10H,4-6H2,1-3H3. The van der Waals surface area contributed by atoms with Crippen LogP contribution < -0.4 is 0 Å². The largest absolute Gasteiger partial charge is 0.318 e. The zero-order chi connectivity index (χ0) is 11.0. The molecule has 3 atom stereocenters. The summed E-state index contributed by atoms with van der Waals surface area (Å²) >= 11 is 6.23. The molecule has 0 aromatic carbocycles. The minimum atomic E-state index is 0.309. The number of rotatable bonds is 1. The van der Waals surface area contributed by atoms with Crippen LogP contribution in [0.25, 0.3) is 0 Å². The lowest BCUT2D eigenvalue weighted by molar-refractivity contribution is 0.318. The Morgan fingerprint density at radius 1 is 1.33 bits per heavy atom. The molecule has 1 heterocycles. The van der Waals surface area contributed by atoms with Crippen molar-refractivity contribution in [2.45, 2.75) is 44.4 Å². The van der Waals surface area contributed by atoms with E-state index in [2.05, 4.69) is 21.7 Å². The zero-order valence-corrected chi connectivity index (χ0v) is 10.3. The Labute approximate surface area is 95.8 Å². The summed E-state index contributed by atoms with van der Waals surface area (Å²) < 4.78 is 2.09. The number of aryl methyl sites for hydroxylation is 1. The van der Waals surface area contributed by atoms with E-state index in [-0.39, 0.29) is 0 Å².